The molecule has 0 unspecified atom stereocenters. The molecule has 0 N–H and O–H groups in total. The number of aryl methyl sites for hydroxylation is 1. The summed E-state index contributed by atoms with van der Waals surface area (Å²) < 4.78 is 3.20. The minimum Gasteiger partial charge on any atom is -0.302 e. The van der Waals surface area contributed by atoms with Crippen molar-refractivity contribution in [2.24, 2.45) is 7.05 Å². The fraction of sp³-hybridized carbons (Fsp3) is 0.200. The lowest BCUT2D eigenvalue weighted by atomic mass is 10.3. The fourth-order valence-electron chi connectivity index (χ4n) is 1.32. The zero-order valence-corrected chi connectivity index (χ0v) is 7.92. The van der Waals surface area contributed by atoms with Crippen LogP contribution in [0.4, 0.5) is 0 Å². The van der Waals surface area contributed by atoms with Gasteiger partial charge in [0, 0.05) is 31.8 Å². The molecule has 0 saturated carbocycles. The van der Waals surface area contributed by atoms with Crippen LogP contribution >= 0.6 is 0 Å². The maximum Gasteiger partial charge on any atom is 0.328 e. The molecule has 14 heavy (non-hydrogen) atoms. The molecule has 2 heterocycles. The number of imidazole rings is 1. The highest BCUT2D eigenvalue weighted by atomic mass is 16.1. The standard InChI is InChI=1S/C10H11N3O/c1-12-5-6-13(10(12)14)8-9-3-2-4-11-7-9/h2-7H,8H2,1H3. The molecule has 2 aromatic heterocycles. The molecule has 0 saturated heterocycles. The molecule has 4 nitrogen and oxygen atoms in total. The van der Waals surface area contributed by atoms with Gasteiger partial charge in [-0.1, -0.05) is 6.07 Å². The lowest BCUT2D eigenvalue weighted by molar-refractivity contribution is 0.716. The summed E-state index contributed by atoms with van der Waals surface area (Å²) in [6.07, 6.45) is 7.00. The number of nitrogens with zero attached hydrogens (tertiary/aromatic N) is 3. The minimum absolute atomic E-state index is 0.00569. The van der Waals surface area contributed by atoms with Crippen LogP contribution in [0.25, 0.3) is 0 Å². The van der Waals surface area contributed by atoms with Gasteiger partial charge in [0.1, 0.15) is 0 Å². The maximum absolute atomic E-state index is 11.5. The highest BCUT2D eigenvalue weighted by Gasteiger charge is 1.99. The third kappa shape index (κ3) is 1.59. The molecule has 0 aliphatic carbocycles. The van der Waals surface area contributed by atoms with E-state index in [2.05, 4.69) is 4.98 Å². The average Bonchev–Trinajstić information content (AvgIpc) is 2.52. The van der Waals surface area contributed by atoms with E-state index in [1.54, 1.807) is 41.0 Å². The van der Waals surface area contributed by atoms with Crippen molar-refractivity contribution in [3.63, 3.8) is 0 Å². The topological polar surface area (TPSA) is 39.8 Å². The Bertz CT molecular complexity index is 470. The Morgan fingerprint density at radius 1 is 1.43 bits per heavy atom. The quantitative estimate of drug-likeness (QED) is 0.695. The molecule has 0 aliphatic rings. The number of hydrogen-bond acceptors (Lipinski definition) is 2. The molecule has 0 spiro atoms. The van der Waals surface area contributed by atoms with Crippen molar-refractivity contribution in [2.75, 3.05) is 0 Å². The van der Waals surface area contributed by atoms with E-state index in [4.69, 9.17) is 0 Å². The van der Waals surface area contributed by atoms with Crippen LogP contribution in [0.1, 0.15) is 5.56 Å². The molecule has 0 bridgehead atoms. The van der Waals surface area contributed by atoms with Crippen molar-refractivity contribution in [1.29, 1.82) is 0 Å². The first-order valence-corrected chi connectivity index (χ1v) is 4.38. The van der Waals surface area contributed by atoms with E-state index in [0.29, 0.717) is 6.54 Å². The number of pyridine rings is 1. The highest BCUT2D eigenvalue weighted by Crippen LogP contribution is 1.97. The summed E-state index contributed by atoms with van der Waals surface area (Å²) in [5.41, 5.74) is 1.02. The van der Waals surface area contributed by atoms with Gasteiger partial charge in [-0.05, 0) is 11.6 Å². The summed E-state index contributed by atoms with van der Waals surface area (Å²) in [4.78, 5) is 15.5. The first-order valence-electron chi connectivity index (χ1n) is 4.38. The van der Waals surface area contributed by atoms with Crippen LogP contribution in [0.5, 0.6) is 0 Å². The lowest BCUT2D eigenvalue weighted by Gasteiger charge is -1.99. The van der Waals surface area contributed by atoms with E-state index in [1.807, 2.05) is 12.1 Å². The van der Waals surface area contributed by atoms with Crippen LogP contribution in [-0.2, 0) is 13.6 Å². The van der Waals surface area contributed by atoms with Gasteiger partial charge in [0.2, 0.25) is 0 Å². The third-order valence-corrected chi connectivity index (χ3v) is 2.09. The second-order valence-corrected chi connectivity index (χ2v) is 3.18. The number of aromatic nitrogens is 3. The molecular formula is C10H11N3O. The molecule has 0 fully saturated rings. The van der Waals surface area contributed by atoms with Crippen LogP contribution in [0.15, 0.2) is 41.7 Å². The van der Waals surface area contributed by atoms with Crippen LogP contribution in [-0.4, -0.2) is 14.1 Å². The summed E-state index contributed by atoms with van der Waals surface area (Å²) in [5, 5.41) is 0. The predicted octanol–water partition coefficient (Wildman–Crippen LogP) is 0.630. The largest absolute Gasteiger partial charge is 0.328 e. The Morgan fingerprint density at radius 3 is 2.86 bits per heavy atom. The van der Waals surface area contributed by atoms with Crippen LogP contribution in [0.2, 0.25) is 0 Å². The van der Waals surface area contributed by atoms with Gasteiger partial charge in [0.25, 0.3) is 0 Å². The van der Waals surface area contributed by atoms with Gasteiger partial charge >= 0.3 is 5.69 Å². The highest BCUT2D eigenvalue weighted by molar-refractivity contribution is 5.09. The van der Waals surface area contributed by atoms with Gasteiger partial charge in [-0.25, -0.2) is 4.79 Å². The van der Waals surface area contributed by atoms with Gasteiger partial charge in [0.15, 0.2) is 0 Å². The summed E-state index contributed by atoms with van der Waals surface area (Å²) in [7, 11) is 1.74. The molecule has 2 rings (SSSR count). The normalized spacial score (nSPS) is 10.4. The first-order chi connectivity index (χ1) is 6.77. The second kappa shape index (κ2) is 3.49. The molecule has 0 aliphatic heterocycles. The molecule has 0 amide bonds. The zero-order chi connectivity index (χ0) is 9.97. The minimum atomic E-state index is -0.00569. The molecule has 2 aromatic rings. The van der Waals surface area contributed by atoms with Crippen LogP contribution < -0.4 is 5.69 Å². The molecule has 72 valence electrons. The van der Waals surface area contributed by atoms with E-state index >= 15 is 0 Å². The Labute approximate surface area is 81.4 Å². The number of rotatable bonds is 2. The van der Waals surface area contributed by atoms with E-state index < -0.39 is 0 Å². The Balaban J connectivity index is 2.28. The van der Waals surface area contributed by atoms with Crippen LogP contribution in [0, 0.1) is 0 Å². The smallest absolute Gasteiger partial charge is 0.302 e. The second-order valence-electron chi connectivity index (χ2n) is 3.18. The van der Waals surface area contributed by atoms with E-state index in [9.17, 15) is 4.79 Å². The molecule has 0 radical (unpaired) electrons. The van der Waals surface area contributed by atoms with Crippen LogP contribution in [0.3, 0.4) is 0 Å². The predicted molar refractivity (Wildman–Crippen MR) is 53.0 cm³/mol. The number of hydrogen-bond donors (Lipinski definition) is 0. The van der Waals surface area contributed by atoms with Gasteiger partial charge in [-0.3, -0.25) is 9.55 Å². The first kappa shape index (κ1) is 8.74. The van der Waals surface area contributed by atoms with Crippen molar-refractivity contribution in [3.8, 4) is 0 Å². The Hall–Kier alpha value is -1.84. The molecule has 4 heteroatoms. The maximum atomic E-state index is 11.5. The average molecular weight is 189 g/mol. The summed E-state index contributed by atoms with van der Waals surface area (Å²) in [5.74, 6) is 0. The monoisotopic (exact) mass is 189 g/mol. The molecule has 0 aromatic carbocycles. The van der Waals surface area contributed by atoms with Crippen molar-refractivity contribution >= 4 is 0 Å². The molecule has 0 atom stereocenters. The summed E-state index contributed by atoms with van der Waals surface area (Å²) in [6.45, 7) is 0.577. The van der Waals surface area contributed by atoms with Crippen molar-refractivity contribution in [2.45, 2.75) is 6.54 Å². The Morgan fingerprint density at radius 2 is 2.29 bits per heavy atom. The third-order valence-electron chi connectivity index (χ3n) is 2.09. The summed E-state index contributed by atoms with van der Waals surface area (Å²) in [6, 6.07) is 3.82. The van der Waals surface area contributed by atoms with Gasteiger partial charge < -0.3 is 4.57 Å². The zero-order valence-electron chi connectivity index (χ0n) is 7.92. The van der Waals surface area contributed by atoms with Gasteiger partial charge in [-0.15, -0.1) is 0 Å². The SMILES string of the molecule is Cn1ccn(Cc2cccnc2)c1=O. The van der Waals surface area contributed by atoms with Gasteiger partial charge in [0.05, 0.1) is 6.54 Å². The van der Waals surface area contributed by atoms with E-state index in [-0.39, 0.29) is 5.69 Å². The van der Waals surface area contributed by atoms with E-state index in [0.717, 1.165) is 5.56 Å². The Kier molecular flexibility index (Phi) is 2.18. The fourth-order valence-corrected chi connectivity index (χ4v) is 1.32. The molecular weight excluding hydrogens is 178 g/mol. The van der Waals surface area contributed by atoms with Gasteiger partial charge in [-0.2, -0.15) is 0 Å². The summed E-state index contributed by atoms with van der Waals surface area (Å²) >= 11 is 0. The van der Waals surface area contributed by atoms with Crippen molar-refractivity contribution in [1.82, 2.24) is 14.1 Å². The van der Waals surface area contributed by atoms with Crippen molar-refractivity contribution in [3.05, 3.63) is 53.0 Å². The lowest BCUT2D eigenvalue weighted by Crippen LogP contribution is -2.22. The van der Waals surface area contributed by atoms with E-state index in [1.165, 1.54) is 0 Å². The van der Waals surface area contributed by atoms with Crippen molar-refractivity contribution < 1.29 is 0 Å².